The second-order valence-electron chi connectivity index (χ2n) is 5.94. The molecule has 0 aliphatic rings. The molecule has 25 heavy (non-hydrogen) atoms. The second kappa shape index (κ2) is 6.71. The fourth-order valence-electron chi connectivity index (χ4n) is 2.32. The lowest BCUT2D eigenvalue weighted by atomic mass is 10.3. The van der Waals surface area contributed by atoms with Gasteiger partial charge in [0.15, 0.2) is 11.6 Å². The highest BCUT2D eigenvalue weighted by molar-refractivity contribution is 5.98. The van der Waals surface area contributed by atoms with Crippen LogP contribution in [-0.2, 0) is 7.05 Å². The van der Waals surface area contributed by atoms with E-state index in [2.05, 4.69) is 30.9 Å². The quantitative estimate of drug-likeness (QED) is 0.760. The third-order valence-corrected chi connectivity index (χ3v) is 3.70. The van der Waals surface area contributed by atoms with Crippen molar-refractivity contribution in [1.82, 2.24) is 29.5 Å². The molecule has 0 atom stereocenters. The Bertz CT molecular complexity index is 876. The number of anilines is 2. The van der Waals surface area contributed by atoms with Crippen molar-refractivity contribution in [3.63, 3.8) is 0 Å². The maximum Gasteiger partial charge on any atom is 0.326 e. The molecule has 0 unspecified atom stereocenters. The van der Waals surface area contributed by atoms with Gasteiger partial charge in [0, 0.05) is 24.8 Å². The van der Waals surface area contributed by atoms with Crippen LogP contribution in [0.1, 0.15) is 25.6 Å². The Morgan fingerprint density at radius 3 is 2.64 bits per heavy atom. The number of pyridine rings is 1. The highest BCUT2D eigenvalue weighted by atomic mass is 16.2. The minimum absolute atomic E-state index is 0.208. The fraction of sp³-hybridized carbons (Fsp3) is 0.312. The highest BCUT2D eigenvalue weighted by Gasteiger charge is 2.13. The van der Waals surface area contributed by atoms with Crippen LogP contribution < -0.4 is 10.6 Å². The van der Waals surface area contributed by atoms with Crippen LogP contribution in [0.25, 0.3) is 11.5 Å². The molecule has 2 N–H and O–H groups in total. The van der Waals surface area contributed by atoms with Gasteiger partial charge in [-0.25, -0.2) is 9.78 Å². The van der Waals surface area contributed by atoms with Gasteiger partial charge in [-0.2, -0.15) is 5.10 Å². The standard InChI is InChI=1S/C16H20N8O/c1-10(2)24-9-17-21-15(24)12-6-5-7-13(18-12)19-16(25)20-14-8-11(3)23(4)22-14/h5-10H,1-4H3,(H2,18,19,20,22,25). The fourth-order valence-corrected chi connectivity index (χ4v) is 2.32. The SMILES string of the molecule is Cc1cc(NC(=O)Nc2cccc(-c3nncn3C(C)C)n2)nn1C. The zero-order valence-electron chi connectivity index (χ0n) is 14.6. The molecule has 9 heteroatoms. The molecule has 9 nitrogen and oxygen atoms in total. The van der Waals surface area contributed by atoms with E-state index in [-0.39, 0.29) is 6.04 Å². The summed E-state index contributed by atoms with van der Waals surface area (Å²) in [5, 5.41) is 17.6. The van der Waals surface area contributed by atoms with Crippen LogP contribution in [0.15, 0.2) is 30.6 Å². The summed E-state index contributed by atoms with van der Waals surface area (Å²) in [4.78, 5) is 16.6. The Balaban J connectivity index is 1.75. The average molecular weight is 340 g/mol. The molecule has 3 aromatic rings. The zero-order chi connectivity index (χ0) is 18.0. The van der Waals surface area contributed by atoms with E-state index in [0.29, 0.717) is 23.2 Å². The lowest BCUT2D eigenvalue weighted by Crippen LogP contribution is -2.20. The monoisotopic (exact) mass is 340 g/mol. The number of hydrogen-bond donors (Lipinski definition) is 2. The number of carbonyl (C=O) groups is 1. The number of carbonyl (C=O) groups excluding carboxylic acids is 1. The van der Waals surface area contributed by atoms with Gasteiger partial charge in [0.1, 0.15) is 17.8 Å². The number of nitrogens with one attached hydrogen (secondary N) is 2. The number of hydrogen-bond acceptors (Lipinski definition) is 5. The van der Waals surface area contributed by atoms with Crippen molar-refractivity contribution in [2.75, 3.05) is 10.6 Å². The molecule has 0 saturated heterocycles. The number of amides is 2. The number of rotatable bonds is 4. The van der Waals surface area contributed by atoms with E-state index in [1.54, 1.807) is 23.1 Å². The number of nitrogens with zero attached hydrogens (tertiary/aromatic N) is 6. The second-order valence-corrected chi connectivity index (χ2v) is 5.94. The summed E-state index contributed by atoms with van der Waals surface area (Å²) in [6.07, 6.45) is 1.66. The van der Waals surface area contributed by atoms with Crippen LogP contribution in [0.4, 0.5) is 16.4 Å². The van der Waals surface area contributed by atoms with Crippen molar-refractivity contribution in [1.29, 1.82) is 0 Å². The summed E-state index contributed by atoms with van der Waals surface area (Å²) >= 11 is 0. The molecular formula is C16H20N8O. The van der Waals surface area contributed by atoms with Gasteiger partial charge in [-0.1, -0.05) is 6.07 Å². The first-order chi connectivity index (χ1) is 11.9. The van der Waals surface area contributed by atoms with Gasteiger partial charge in [-0.15, -0.1) is 10.2 Å². The number of urea groups is 1. The summed E-state index contributed by atoms with van der Waals surface area (Å²) in [5.41, 5.74) is 1.58. The van der Waals surface area contributed by atoms with Gasteiger partial charge in [-0.3, -0.25) is 15.3 Å². The van der Waals surface area contributed by atoms with Crippen LogP contribution in [0.3, 0.4) is 0 Å². The van der Waals surface area contributed by atoms with Gasteiger partial charge < -0.3 is 4.57 Å². The first-order valence-corrected chi connectivity index (χ1v) is 7.89. The molecule has 0 radical (unpaired) electrons. The Morgan fingerprint density at radius 2 is 1.96 bits per heavy atom. The maximum absolute atomic E-state index is 12.1. The summed E-state index contributed by atoms with van der Waals surface area (Å²) in [6, 6.07) is 6.93. The summed E-state index contributed by atoms with van der Waals surface area (Å²) < 4.78 is 3.61. The molecule has 3 aromatic heterocycles. The molecule has 0 bridgehead atoms. The number of aryl methyl sites for hydroxylation is 2. The van der Waals surface area contributed by atoms with Gasteiger partial charge in [0.05, 0.1) is 0 Å². The van der Waals surface area contributed by atoms with Crippen LogP contribution in [-0.4, -0.2) is 35.6 Å². The van der Waals surface area contributed by atoms with E-state index in [1.807, 2.05) is 44.5 Å². The summed E-state index contributed by atoms with van der Waals surface area (Å²) in [7, 11) is 1.81. The topological polar surface area (TPSA) is 103 Å². The smallest absolute Gasteiger partial charge is 0.310 e. The largest absolute Gasteiger partial charge is 0.326 e. The van der Waals surface area contributed by atoms with Crippen molar-refractivity contribution in [3.8, 4) is 11.5 Å². The van der Waals surface area contributed by atoms with Crippen LogP contribution in [0, 0.1) is 6.92 Å². The Hall–Kier alpha value is -3.23. The first-order valence-electron chi connectivity index (χ1n) is 7.89. The third-order valence-electron chi connectivity index (χ3n) is 3.70. The van der Waals surface area contributed by atoms with Gasteiger partial charge in [0.2, 0.25) is 0 Å². The molecule has 3 rings (SSSR count). The van der Waals surface area contributed by atoms with Crippen LogP contribution in [0.5, 0.6) is 0 Å². The molecule has 2 amide bonds. The maximum atomic E-state index is 12.1. The molecule has 3 heterocycles. The van der Waals surface area contributed by atoms with Crippen molar-refractivity contribution in [3.05, 3.63) is 36.3 Å². The van der Waals surface area contributed by atoms with E-state index in [9.17, 15) is 4.79 Å². The van der Waals surface area contributed by atoms with E-state index < -0.39 is 6.03 Å². The van der Waals surface area contributed by atoms with Gasteiger partial charge in [0.25, 0.3) is 0 Å². The molecule has 0 aliphatic heterocycles. The van der Waals surface area contributed by atoms with E-state index >= 15 is 0 Å². The van der Waals surface area contributed by atoms with Crippen LogP contribution in [0.2, 0.25) is 0 Å². The van der Waals surface area contributed by atoms with Crippen molar-refractivity contribution < 1.29 is 4.79 Å². The van der Waals surface area contributed by atoms with Crippen molar-refractivity contribution in [2.45, 2.75) is 26.8 Å². The van der Waals surface area contributed by atoms with Crippen LogP contribution >= 0.6 is 0 Å². The normalized spacial score (nSPS) is 10.9. The number of aromatic nitrogens is 6. The molecule has 0 saturated carbocycles. The van der Waals surface area contributed by atoms with Gasteiger partial charge >= 0.3 is 6.03 Å². The Labute approximate surface area is 145 Å². The molecule has 0 fully saturated rings. The van der Waals surface area contributed by atoms with E-state index in [0.717, 1.165) is 5.69 Å². The van der Waals surface area contributed by atoms with Crippen molar-refractivity contribution in [2.24, 2.45) is 7.05 Å². The first kappa shape index (κ1) is 16.6. The lowest BCUT2D eigenvalue weighted by Gasteiger charge is -2.10. The molecule has 0 aliphatic carbocycles. The lowest BCUT2D eigenvalue weighted by molar-refractivity contribution is 0.262. The predicted octanol–water partition coefficient (Wildman–Crippen LogP) is 2.61. The van der Waals surface area contributed by atoms with Gasteiger partial charge in [-0.05, 0) is 32.9 Å². The Morgan fingerprint density at radius 1 is 1.20 bits per heavy atom. The molecule has 130 valence electrons. The Kier molecular flexibility index (Phi) is 4.46. The minimum Gasteiger partial charge on any atom is -0.310 e. The highest BCUT2D eigenvalue weighted by Crippen LogP contribution is 2.19. The van der Waals surface area contributed by atoms with E-state index in [4.69, 9.17) is 0 Å². The average Bonchev–Trinajstić information content (AvgIpc) is 3.15. The van der Waals surface area contributed by atoms with E-state index in [1.165, 1.54) is 0 Å². The summed E-state index contributed by atoms with van der Waals surface area (Å²) in [6.45, 7) is 5.99. The van der Waals surface area contributed by atoms with Crippen molar-refractivity contribution >= 4 is 17.7 Å². The predicted molar refractivity (Wildman–Crippen MR) is 94.2 cm³/mol. The molecule has 0 spiro atoms. The minimum atomic E-state index is -0.409. The molecule has 0 aromatic carbocycles. The third kappa shape index (κ3) is 3.65. The zero-order valence-corrected chi connectivity index (χ0v) is 14.6. The summed E-state index contributed by atoms with van der Waals surface area (Å²) in [5.74, 6) is 1.55. The molecular weight excluding hydrogens is 320 g/mol.